The molecule has 0 bridgehead atoms. The molecule has 1 N–H and O–H groups in total. The van der Waals surface area contributed by atoms with E-state index < -0.39 is 0 Å². The predicted octanol–water partition coefficient (Wildman–Crippen LogP) is 1.89. The van der Waals surface area contributed by atoms with Gasteiger partial charge < -0.3 is 5.32 Å². The summed E-state index contributed by atoms with van der Waals surface area (Å²) in [7, 11) is 0. The minimum absolute atomic E-state index is 0.474. The zero-order valence-electron chi connectivity index (χ0n) is 10.7. The molecule has 0 saturated carbocycles. The smallest absolute Gasteiger partial charge is 0.202 e. The lowest BCUT2D eigenvalue weighted by Gasteiger charge is -2.30. The van der Waals surface area contributed by atoms with Gasteiger partial charge in [-0.2, -0.15) is 9.64 Å². The summed E-state index contributed by atoms with van der Waals surface area (Å²) in [5.74, 6) is 0.951. The Morgan fingerprint density at radius 2 is 2.28 bits per heavy atom. The van der Waals surface area contributed by atoms with Crippen molar-refractivity contribution >= 4 is 16.7 Å². The molecule has 6 heteroatoms. The van der Waals surface area contributed by atoms with Crippen molar-refractivity contribution in [2.75, 3.05) is 25.0 Å². The summed E-state index contributed by atoms with van der Waals surface area (Å²) < 4.78 is 4.33. The molecule has 1 saturated heterocycles. The molecule has 0 amide bonds. The molecule has 1 aromatic heterocycles. The van der Waals surface area contributed by atoms with Crippen LogP contribution in [0.3, 0.4) is 0 Å². The van der Waals surface area contributed by atoms with Gasteiger partial charge in [-0.05, 0) is 19.3 Å². The van der Waals surface area contributed by atoms with Crippen molar-refractivity contribution in [3.05, 3.63) is 5.82 Å². The molecule has 18 heavy (non-hydrogen) atoms. The van der Waals surface area contributed by atoms with E-state index in [1.165, 1.54) is 11.5 Å². The van der Waals surface area contributed by atoms with E-state index >= 15 is 0 Å². The first-order valence-corrected chi connectivity index (χ1v) is 7.27. The number of nitrogens with one attached hydrogen (secondary N) is 1. The Labute approximate surface area is 112 Å². The normalized spacial score (nSPS) is 17.6. The number of anilines is 1. The number of likely N-dealkylation sites (tertiary alicyclic amines) is 1. The van der Waals surface area contributed by atoms with Gasteiger partial charge in [0.15, 0.2) is 0 Å². The highest BCUT2D eigenvalue weighted by molar-refractivity contribution is 7.09. The Bertz CT molecular complexity index is 403. The van der Waals surface area contributed by atoms with Crippen LogP contribution in [0.1, 0.15) is 32.0 Å². The van der Waals surface area contributed by atoms with E-state index in [4.69, 9.17) is 5.26 Å². The lowest BCUT2D eigenvalue weighted by atomic mass is 10.1. The summed E-state index contributed by atoms with van der Waals surface area (Å²) >= 11 is 1.46. The van der Waals surface area contributed by atoms with E-state index in [2.05, 4.69) is 32.6 Å². The lowest BCUT2D eigenvalue weighted by molar-refractivity contribution is 0.242. The minimum Gasteiger partial charge on any atom is -0.357 e. The van der Waals surface area contributed by atoms with Crippen molar-refractivity contribution in [3.63, 3.8) is 0 Å². The standard InChI is InChI=1S/C12H19N5S/c1-2-3-11-15-12(18-16-11)14-10-4-7-17(8-5-10)9-6-13/h10H,2-5,7-9H2,1H3,(H,14,15,16). The van der Waals surface area contributed by atoms with Crippen LogP contribution in [0, 0.1) is 11.3 Å². The van der Waals surface area contributed by atoms with Gasteiger partial charge in [0, 0.05) is 37.1 Å². The van der Waals surface area contributed by atoms with E-state index in [0.29, 0.717) is 12.6 Å². The lowest BCUT2D eigenvalue weighted by Crippen LogP contribution is -2.39. The van der Waals surface area contributed by atoms with Crippen LogP contribution in [-0.4, -0.2) is 39.9 Å². The van der Waals surface area contributed by atoms with Gasteiger partial charge in [0.25, 0.3) is 0 Å². The highest BCUT2D eigenvalue weighted by atomic mass is 32.1. The minimum atomic E-state index is 0.474. The number of aromatic nitrogens is 2. The van der Waals surface area contributed by atoms with Crippen molar-refractivity contribution in [2.45, 2.75) is 38.6 Å². The number of hydrogen-bond donors (Lipinski definition) is 1. The summed E-state index contributed by atoms with van der Waals surface area (Å²) in [6.07, 6.45) is 4.19. The monoisotopic (exact) mass is 265 g/mol. The Morgan fingerprint density at radius 1 is 1.50 bits per heavy atom. The van der Waals surface area contributed by atoms with Crippen LogP contribution in [0.25, 0.3) is 0 Å². The van der Waals surface area contributed by atoms with Gasteiger partial charge in [-0.3, -0.25) is 4.90 Å². The first kappa shape index (κ1) is 13.2. The van der Waals surface area contributed by atoms with Gasteiger partial charge in [0.2, 0.25) is 5.13 Å². The molecule has 1 aliphatic rings. The molecule has 0 aliphatic carbocycles. The fraction of sp³-hybridized carbons (Fsp3) is 0.750. The number of nitriles is 1. The molecule has 0 radical (unpaired) electrons. The summed E-state index contributed by atoms with van der Waals surface area (Å²) in [6, 6.07) is 2.68. The molecule has 0 aromatic carbocycles. The molecule has 0 spiro atoms. The zero-order valence-corrected chi connectivity index (χ0v) is 11.5. The Hall–Kier alpha value is -1.19. The van der Waals surface area contributed by atoms with Crippen LogP contribution in [0.4, 0.5) is 5.13 Å². The first-order valence-electron chi connectivity index (χ1n) is 6.50. The molecule has 1 aromatic rings. The molecule has 1 fully saturated rings. The highest BCUT2D eigenvalue weighted by Crippen LogP contribution is 2.18. The van der Waals surface area contributed by atoms with Crippen LogP contribution in [0.5, 0.6) is 0 Å². The number of rotatable bonds is 5. The average molecular weight is 265 g/mol. The maximum atomic E-state index is 8.65. The van der Waals surface area contributed by atoms with E-state index in [9.17, 15) is 0 Å². The fourth-order valence-electron chi connectivity index (χ4n) is 2.15. The maximum Gasteiger partial charge on any atom is 0.202 e. The van der Waals surface area contributed by atoms with Crippen molar-refractivity contribution in [1.29, 1.82) is 5.26 Å². The molecule has 2 heterocycles. The number of nitrogens with zero attached hydrogens (tertiary/aromatic N) is 4. The zero-order chi connectivity index (χ0) is 12.8. The predicted molar refractivity (Wildman–Crippen MR) is 72.6 cm³/mol. The number of aryl methyl sites for hydroxylation is 1. The maximum absolute atomic E-state index is 8.65. The Kier molecular flexibility index (Phi) is 4.90. The summed E-state index contributed by atoms with van der Waals surface area (Å²) in [5, 5.41) is 13.0. The number of hydrogen-bond acceptors (Lipinski definition) is 6. The summed E-state index contributed by atoms with van der Waals surface area (Å²) in [4.78, 5) is 6.68. The Morgan fingerprint density at radius 3 is 2.94 bits per heavy atom. The van der Waals surface area contributed by atoms with Crippen molar-refractivity contribution in [3.8, 4) is 6.07 Å². The van der Waals surface area contributed by atoms with Crippen LogP contribution in [0.15, 0.2) is 0 Å². The third kappa shape index (κ3) is 3.65. The molecule has 1 aliphatic heterocycles. The first-order chi connectivity index (χ1) is 8.81. The largest absolute Gasteiger partial charge is 0.357 e. The van der Waals surface area contributed by atoms with Crippen LogP contribution >= 0.6 is 11.5 Å². The van der Waals surface area contributed by atoms with Gasteiger partial charge in [-0.15, -0.1) is 0 Å². The van der Waals surface area contributed by atoms with Gasteiger partial charge in [0.1, 0.15) is 5.82 Å². The molecular weight excluding hydrogens is 246 g/mol. The van der Waals surface area contributed by atoms with Crippen molar-refractivity contribution in [2.24, 2.45) is 0 Å². The van der Waals surface area contributed by atoms with Crippen molar-refractivity contribution < 1.29 is 0 Å². The molecule has 98 valence electrons. The molecule has 5 nitrogen and oxygen atoms in total. The summed E-state index contributed by atoms with van der Waals surface area (Å²) in [5.41, 5.74) is 0. The summed E-state index contributed by atoms with van der Waals surface area (Å²) in [6.45, 7) is 4.67. The fourth-order valence-corrected chi connectivity index (χ4v) is 2.84. The van der Waals surface area contributed by atoms with E-state index in [1.54, 1.807) is 0 Å². The molecule has 0 unspecified atom stereocenters. The van der Waals surface area contributed by atoms with Crippen LogP contribution < -0.4 is 5.32 Å². The SMILES string of the molecule is CCCc1nsc(NC2CCN(CC#N)CC2)n1. The van der Waals surface area contributed by atoms with E-state index in [0.717, 1.165) is 49.7 Å². The van der Waals surface area contributed by atoms with Crippen LogP contribution in [0.2, 0.25) is 0 Å². The highest BCUT2D eigenvalue weighted by Gasteiger charge is 2.19. The van der Waals surface area contributed by atoms with Gasteiger partial charge in [-0.25, -0.2) is 4.98 Å². The van der Waals surface area contributed by atoms with Gasteiger partial charge in [-0.1, -0.05) is 6.92 Å². The van der Waals surface area contributed by atoms with Gasteiger partial charge >= 0.3 is 0 Å². The molecule has 2 rings (SSSR count). The molecular formula is C12H19N5S. The number of piperidine rings is 1. The Balaban J connectivity index is 1.78. The van der Waals surface area contributed by atoms with Gasteiger partial charge in [0.05, 0.1) is 12.6 Å². The second-order valence-electron chi connectivity index (χ2n) is 4.62. The van der Waals surface area contributed by atoms with E-state index in [-0.39, 0.29) is 0 Å². The third-order valence-electron chi connectivity index (χ3n) is 3.15. The second kappa shape index (κ2) is 6.66. The third-order valence-corrected chi connectivity index (χ3v) is 3.84. The average Bonchev–Trinajstić information content (AvgIpc) is 2.80. The molecule has 0 atom stereocenters. The van der Waals surface area contributed by atoms with Crippen molar-refractivity contribution in [1.82, 2.24) is 14.3 Å². The van der Waals surface area contributed by atoms with E-state index in [1.807, 2.05) is 0 Å². The quantitative estimate of drug-likeness (QED) is 0.824. The second-order valence-corrected chi connectivity index (χ2v) is 5.37. The topological polar surface area (TPSA) is 64.8 Å². The van der Waals surface area contributed by atoms with Crippen LogP contribution in [-0.2, 0) is 6.42 Å².